The SMILES string of the molecule is CCC(CC)CC(=O)N1CCC(CC(=O)O)CC1. The third-order valence-corrected chi connectivity index (χ3v) is 4.05. The summed E-state index contributed by atoms with van der Waals surface area (Å²) in [6.45, 7) is 5.72. The molecule has 1 aliphatic heterocycles. The number of amides is 1. The molecule has 0 aromatic carbocycles. The van der Waals surface area contributed by atoms with Crippen molar-refractivity contribution in [1.29, 1.82) is 0 Å². The number of carboxylic acids is 1. The molecule has 4 nitrogen and oxygen atoms in total. The van der Waals surface area contributed by atoms with E-state index in [2.05, 4.69) is 13.8 Å². The highest BCUT2D eigenvalue weighted by atomic mass is 16.4. The minimum atomic E-state index is -0.725. The maximum Gasteiger partial charge on any atom is 0.303 e. The first-order valence-corrected chi connectivity index (χ1v) is 7.06. The van der Waals surface area contributed by atoms with E-state index in [0.717, 1.165) is 38.8 Å². The number of nitrogens with zero attached hydrogens (tertiary/aromatic N) is 1. The van der Waals surface area contributed by atoms with Crippen LogP contribution in [0.1, 0.15) is 52.4 Å². The van der Waals surface area contributed by atoms with Crippen LogP contribution in [0.3, 0.4) is 0 Å². The Morgan fingerprint density at radius 3 is 2.22 bits per heavy atom. The second-order valence-electron chi connectivity index (χ2n) is 5.31. The molecular weight excluding hydrogens is 230 g/mol. The Balaban J connectivity index is 2.33. The van der Waals surface area contributed by atoms with Crippen molar-refractivity contribution in [2.45, 2.75) is 52.4 Å². The van der Waals surface area contributed by atoms with Gasteiger partial charge in [-0.2, -0.15) is 0 Å². The van der Waals surface area contributed by atoms with E-state index < -0.39 is 5.97 Å². The van der Waals surface area contributed by atoms with Gasteiger partial charge in [0.25, 0.3) is 0 Å². The van der Waals surface area contributed by atoms with Gasteiger partial charge in [0.15, 0.2) is 0 Å². The molecule has 0 bridgehead atoms. The van der Waals surface area contributed by atoms with Crippen molar-refractivity contribution in [2.24, 2.45) is 11.8 Å². The summed E-state index contributed by atoms with van der Waals surface area (Å²) < 4.78 is 0. The number of carboxylic acid groups (broad SMARTS) is 1. The second kappa shape index (κ2) is 7.39. The zero-order valence-corrected chi connectivity index (χ0v) is 11.5. The van der Waals surface area contributed by atoms with E-state index in [0.29, 0.717) is 12.3 Å². The van der Waals surface area contributed by atoms with Gasteiger partial charge >= 0.3 is 5.97 Å². The van der Waals surface area contributed by atoms with Crippen molar-refractivity contribution in [3.8, 4) is 0 Å². The lowest BCUT2D eigenvalue weighted by Crippen LogP contribution is -2.39. The smallest absolute Gasteiger partial charge is 0.303 e. The Morgan fingerprint density at radius 1 is 1.22 bits per heavy atom. The van der Waals surface area contributed by atoms with Crippen LogP contribution in [0, 0.1) is 11.8 Å². The molecule has 0 saturated carbocycles. The molecule has 104 valence electrons. The van der Waals surface area contributed by atoms with Crippen molar-refractivity contribution in [3.63, 3.8) is 0 Å². The minimum Gasteiger partial charge on any atom is -0.481 e. The van der Waals surface area contributed by atoms with Gasteiger partial charge < -0.3 is 10.0 Å². The largest absolute Gasteiger partial charge is 0.481 e. The maximum absolute atomic E-state index is 12.1. The molecule has 1 amide bonds. The van der Waals surface area contributed by atoms with Gasteiger partial charge in [-0.3, -0.25) is 9.59 Å². The molecule has 1 saturated heterocycles. The van der Waals surface area contributed by atoms with Gasteiger partial charge in [-0.25, -0.2) is 0 Å². The Morgan fingerprint density at radius 2 is 1.78 bits per heavy atom. The fourth-order valence-corrected chi connectivity index (χ4v) is 2.59. The summed E-state index contributed by atoms with van der Waals surface area (Å²) in [6.07, 6.45) is 4.67. The Bertz CT molecular complexity index is 279. The van der Waals surface area contributed by atoms with Crippen LogP contribution >= 0.6 is 0 Å². The lowest BCUT2D eigenvalue weighted by atomic mass is 9.92. The molecule has 0 aromatic rings. The Hall–Kier alpha value is -1.06. The van der Waals surface area contributed by atoms with Crippen LogP contribution in [-0.4, -0.2) is 35.0 Å². The molecule has 4 heteroatoms. The predicted octanol–water partition coefficient (Wildman–Crippen LogP) is 2.53. The number of likely N-dealkylation sites (tertiary alicyclic amines) is 1. The molecule has 1 heterocycles. The van der Waals surface area contributed by atoms with Crippen molar-refractivity contribution < 1.29 is 14.7 Å². The fourth-order valence-electron chi connectivity index (χ4n) is 2.59. The average molecular weight is 255 g/mol. The quantitative estimate of drug-likeness (QED) is 0.793. The molecule has 0 aliphatic carbocycles. The van der Waals surface area contributed by atoms with E-state index in [9.17, 15) is 9.59 Å². The molecule has 18 heavy (non-hydrogen) atoms. The summed E-state index contributed by atoms with van der Waals surface area (Å²) in [5, 5.41) is 8.74. The number of carbonyl (C=O) groups is 2. The lowest BCUT2D eigenvalue weighted by Gasteiger charge is -2.32. The zero-order valence-electron chi connectivity index (χ0n) is 11.5. The summed E-state index contributed by atoms with van der Waals surface area (Å²) in [5.74, 6) is 0.267. The van der Waals surface area contributed by atoms with Gasteiger partial charge in [0.05, 0.1) is 0 Å². The molecule has 1 rings (SSSR count). The summed E-state index contributed by atoms with van der Waals surface area (Å²) in [6, 6.07) is 0. The van der Waals surface area contributed by atoms with E-state index in [1.807, 2.05) is 4.90 Å². The molecule has 1 aliphatic rings. The van der Waals surface area contributed by atoms with E-state index in [1.165, 1.54) is 0 Å². The van der Waals surface area contributed by atoms with E-state index in [4.69, 9.17) is 5.11 Å². The van der Waals surface area contributed by atoms with Gasteiger partial charge in [0, 0.05) is 25.9 Å². The highest BCUT2D eigenvalue weighted by Gasteiger charge is 2.25. The molecule has 0 atom stereocenters. The van der Waals surface area contributed by atoms with Crippen LogP contribution in [0.2, 0.25) is 0 Å². The topological polar surface area (TPSA) is 57.6 Å². The highest BCUT2D eigenvalue weighted by molar-refractivity contribution is 5.76. The first kappa shape index (κ1) is 15.0. The summed E-state index contributed by atoms with van der Waals surface area (Å²) in [4.78, 5) is 24.6. The number of aliphatic carboxylic acids is 1. The number of rotatable bonds is 6. The van der Waals surface area contributed by atoms with Crippen LogP contribution < -0.4 is 0 Å². The lowest BCUT2D eigenvalue weighted by molar-refractivity contribution is -0.138. The predicted molar refractivity (Wildman–Crippen MR) is 70.2 cm³/mol. The molecular formula is C14H25NO3. The van der Waals surface area contributed by atoms with Gasteiger partial charge in [-0.15, -0.1) is 0 Å². The summed E-state index contributed by atoms with van der Waals surface area (Å²) in [5.41, 5.74) is 0. The number of hydrogen-bond acceptors (Lipinski definition) is 2. The van der Waals surface area contributed by atoms with Gasteiger partial charge in [-0.05, 0) is 24.7 Å². The van der Waals surface area contributed by atoms with Crippen LogP contribution in [0.4, 0.5) is 0 Å². The monoisotopic (exact) mass is 255 g/mol. The first-order chi connectivity index (χ1) is 8.56. The molecule has 0 unspecified atom stereocenters. The van der Waals surface area contributed by atoms with Crippen molar-refractivity contribution in [1.82, 2.24) is 4.90 Å². The fraction of sp³-hybridized carbons (Fsp3) is 0.857. The van der Waals surface area contributed by atoms with Crippen LogP contribution in [0.5, 0.6) is 0 Å². The third kappa shape index (κ3) is 4.67. The van der Waals surface area contributed by atoms with E-state index >= 15 is 0 Å². The van der Waals surface area contributed by atoms with E-state index in [1.54, 1.807) is 0 Å². The van der Waals surface area contributed by atoms with Crippen LogP contribution in [-0.2, 0) is 9.59 Å². The van der Waals surface area contributed by atoms with Gasteiger partial charge in [0.2, 0.25) is 5.91 Å². The Labute approximate surface area is 109 Å². The van der Waals surface area contributed by atoms with Crippen molar-refractivity contribution >= 4 is 11.9 Å². The molecule has 0 aromatic heterocycles. The number of piperidine rings is 1. The zero-order chi connectivity index (χ0) is 13.5. The van der Waals surface area contributed by atoms with Crippen molar-refractivity contribution in [3.05, 3.63) is 0 Å². The Kier molecular flexibility index (Phi) is 6.16. The maximum atomic E-state index is 12.1. The van der Waals surface area contributed by atoms with Gasteiger partial charge in [0.1, 0.15) is 0 Å². The van der Waals surface area contributed by atoms with Crippen molar-refractivity contribution in [2.75, 3.05) is 13.1 Å². The average Bonchev–Trinajstić information content (AvgIpc) is 2.35. The molecule has 0 radical (unpaired) electrons. The van der Waals surface area contributed by atoms with E-state index in [-0.39, 0.29) is 18.2 Å². The van der Waals surface area contributed by atoms with Crippen LogP contribution in [0.15, 0.2) is 0 Å². The number of carbonyl (C=O) groups excluding carboxylic acids is 1. The highest BCUT2D eigenvalue weighted by Crippen LogP contribution is 2.22. The summed E-state index contributed by atoms with van der Waals surface area (Å²) >= 11 is 0. The number of hydrogen-bond donors (Lipinski definition) is 1. The van der Waals surface area contributed by atoms with Crippen LogP contribution in [0.25, 0.3) is 0 Å². The van der Waals surface area contributed by atoms with Gasteiger partial charge in [-0.1, -0.05) is 26.7 Å². The second-order valence-corrected chi connectivity index (χ2v) is 5.31. The summed E-state index contributed by atoms with van der Waals surface area (Å²) in [7, 11) is 0. The minimum absolute atomic E-state index is 0.245. The molecule has 1 N–H and O–H groups in total. The molecule has 0 spiro atoms. The third-order valence-electron chi connectivity index (χ3n) is 4.05. The molecule has 1 fully saturated rings. The standard InChI is InChI=1S/C14H25NO3/c1-3-11(4-2)9-13(16)15-7-5-12(6-8-15)10-14(17)18/h11-12H,3-10H2,1-2H3,(H,17,18). The normalized spacial score (nSPS) is 17.2. The first-order valence-electron chi connectivity index (χ1n) is 7.06.